The fourth-order valence-electron chi connectivity index (χ4n) is 8.99. The minimum absolute atomic E-state index is 0.0191. The van der Waals surface area contributed by atoms with Crippen molar-refractivity contribution in [2.24, 2.45) is 29.1 Å². The molecule has 4 aliphatic heterocycles. The van der Waals surface area contributed by atoms with Gasteiger partial charge >= 0.3 is 0 Å². The molecule has 0 saturated carbocycles. The maximum absolute atomic E-state index is 5.97. The molecule has 4 rings (SSSR count). The molecular weight excluding hydrogens is 566 g/mol. The molecule has 0 aromatic carbocycles. The Bertz CT molecular complexity index is 850. The van der Waals surface area contributed by atoms with Crippen molar-refractivity contribution in [3.63, 3.8) is 0 Å². The Morgan fingerprint density at radius 3 is 1.89 bits per heavy atom. The molecule has 0 aromatic rings. The summed E-state index contributed by atoms with van der Waals surface area (Å²) < 4.78 is 5.97. The third-order valence-corrected chi connectivity index (χ3v) is 12.7. The third kappa shape index (κ3) is 12.6. The summed E-state index contributed by atoms with van der Waals surface area (Å²) in [4.78, 5) is 13.6. The zero-order valence-electron chi connectivity index (χ0n) is 32.6. The van der Waals surface area contributed by atoms with E-state index in [0.717, 1.165) is 42.9 Å². The van der Waals surface area contributed by atoms with Gasteiger partial charge in [0.1, 0.15) is 0 Å². The van der Waals surface area contributed by atoms with Crippen LogP contribution in [-0.2, 0) is 4.74 Å². The van der Waals surface area contributed by atoms with E-state index in [1.807, 2.05) is 0 Å². The number of nitrogens with zero attached hydrogens (tertiary/aromatic N) is 5. The molecule has 46 heavy (non-hydrogen) atoms. The molecule has 0 spiro atoms. The monoisotopic (exact) mass is 646 g/mol. The molecule has 4 fully saturated rings. The first-order valence-corrected chi connectivity index (χ1v) is 19.9. The molecule has 6 heteroatoms. The Morgan fingerprint density at radius 2 is 1.30 bits per heavy atom. The minimum Gasteiger partial charge on any atom is -0.375 e. The quantitative estimate of drug-likeness (QED) is 0.187. The molecule has 2 atom stereocenters. The van der Waals surface area contributed by atoms with Crippen LogP contribution in [0.4, 0.5) is 0 Å². The van der Waals surface area contributed by atoms with Crippen LogP contribution in [0.5, 0.6) is 0 Å². The van der Waals surface area contributed by atoms with Crippen LogP contribution in [0, 0.1) is 29.1 Å². The zero-order valence-corrected chi connectivity index (χ0v) is 32.6. The molecule has 4 saturated heterocycles. The highest BCUT2D eigenvalue weighted by Crippen LogP contribution is 2.37. The van der Waals surface area contributed by atoms with Crippen LogP contribution in [0.1, 0.15) is 121 Å². The Labute approximate surface area is 287 Å². The second-order valence-corrected chi connectivity index (χ2v) is 19.1. The summed E-state index contributed by atoms with van der Waals surface area (Å²) in [5.74, 6) is 3.53. The molecule has 0 amide bonds. The SMILES string of the molecule is C[C@@H](CCC(C)(C)CCCN1CC(CN2CCN(C(C)(C)C)CC2)C1)[C@@H](C)C1CCN(C2CCN(CCOC(C)(C)C)CC2)CC1. The van der Waals surface area contributed by atoms with E-state index in [-0.39, 0.29) is 5.60 Å². The van der Waals surface area contributed by atoms with Gasteiger partial charge in [0.25, 0.3) is 0 Å². The number of ether oxygens (including phenoxy) is 1. The van der Waals surface area contributed by atoms with E-state index in [0.29, 0.717) is 11.0 Å². The van der Waals surface area contributed by atoms with E-state index >= 15 is 0 Å². The first-order valence-electron chi connectivity index (χ1n) is 19.9. The number of rotatable bonds is 15. The van der Waals surface area contributed by atoms with E-state index in [1.54, 1.807) is 0 Å². The molecule has 0 unspecified atom stereocenters. The smallest absolute Gasteiger partial charge is 0.0600 e. The molecule has 4 heterocycles. The minimum atomic E-state index is -0.0191. The highest BCUT2D eigenvalue weighted by atomic mass is 16.5. The van der Waals surface area contributed by atoms with Gasteiger partial charge in [-0.25, -0.2) is 0 Å². The first-order chi connectivity index (χ1) is 21.6. The van der Waals surface area contributed by atoms with Crippen LogP contribution >= 0.6 is 0 Å². The van der Waals surface area contributed by atoms with Gasteiger partial charge in [-0.1, -0.05) is 27.7 Å². The summed E-state index contributed by atoms with van der Waals surface area (Å²) in [5.41, 5.74) is 0.777. The summed E-state index contributed by atoms with van der Waals surface area (Å²) in [6, 6.07) is 0.811. The molecule has 6 nitrogen and oxygen atoms in total. The predicted octanol–water partition coefficient (Wildman–Crippen LogP) is 7.18. The topological polar surface area (TPSA) is 25.4 Å². The van der Waals surface area contributed by atoms with Gasteiger partial charge in [0.2, 0.25) is 0 Å². The summed E-state index contributed by atoms with van der Waals surface area (Å²) >= 11 is 0. The van der Waals surface area contributed by atoms with Crippen LogP contribution in [0.2, 0.25) is 0 Å². The number of piperazine rings is 1. The number of piperidine rings is 2. The summed E-state index contributed by atoms with van der Waals surface area (Å²) in [6.45, 7) is 41.2. The van der Waals surface area contributed by atoms with Gasteiger partial charge in [0.05, 0.1) is 12.2 Å². The van der Waals surface area contributed by atoms with Crippen molar-refractivity contribution >= 4 is 0 Å². The summed E-state index contributed by atoms with van der Waals surface area (Å²) in [7, 11) is 0. The fourth-order valence-corrected chi connectivity index (χ4v) is 8.99. The molecule has 0 aliphatic carbocycles. The third-order valence-electron chi connectivity index (χ3n) is 12.7. The Kier molecular flexibility index (Phi) is 14.3. The normalized spacial score (nSPS) is 25.2. The van der Waals surface area contributed by atoms with Crippen molar-refractivity contribution in [2.45, 2.75) is 138 Å². The largest absolute Gasteiger partial charge is 0.375 e. The lowest BCUT2D eigenvalue weighted by Crippen LogP contribution is -2.57. The van der Waals surface area contributed by atoms with Gasteiger partial charge in [-0.3, -0.25) is 4.90 Å². The van der Waals surface area contributed by atoms with Crippen LogP contribution in [0.3, 0.4) is 0 Å². The van der Waals surface area contributed by atoms with Crippen molar-refractivity contribution in [2.75, 3.05) is 91.7 Å². The lowest BCUT2D eigenvalue weighted by atomic mass is 9.73. The lowest BCUT2D eigenvalue weighted by molar-refractivity contribution is -0.0190. The summed E-state index contributed by atoms with van der Waals surface area (Å²) in [6.07, 6.45) is 11.1. The Morgan fingerprint density at radius 1 is 0.674 bits per heavy atom. The van der Waals surface area contributed by atoms with Crippen molar-refractivity contribution in [1.29, 1.82) is 0 Å². The first kappa shape index (κ1) is 38.6. The second-order valence-electron chi connectivity index (χ2n) is 19.1. The fraction of sp³-hybridized carbons (Fsp3) is 1.00. The van der Waals surface area contributed by atoms with Crippen LogP contribution in [-0.4, -0.2) is 133 Å². The molecule has 0 N–H and O–H groups in total. The van der Waals surface area contributed by atoms with E-state index in [4.69, 9.17) is 4.74 Å². The van der Waals surface area contributed by atoms with E-state index < -0.39 is 0 Å². The van der Waals surface area contributed by atoms with Gasteiger partial charge in [-0.15, -0.1) is 0 Å². The van der Waals surface area contributed by atoms with Gasteiger partial charge < -0.3 is 24.3 Å². The van der Waals surface area contributed by atoms with Crippen molar-refractivity contribution in [3.05, 3.63) is 0 Å². The van der Waals surface area contributed by atoms with Crippen LogP contribution < -0.4 is 0 Å². The number of likely N-dealkylation sites (tertiary alicyclic amines) is 3. The van der Waals surface area contributed by atoms with E-state index in [9.17, 15) is 0 Å². The van der Waals surface area contributed by atoms with Crippen molar-refractivity contribution in [1.82, 2.24) is 24.5 Å². The van der Waals surface area contributed by atoms with Gasteiger partial charge in [-0.05, 0) is 155 Å². The van der Waals surface area contributed by atoms with Gasteiger partial charge in [0.15, 0.2) is 0 Å². The van der Waals surface area contributed by atoms with Gasteiger partial charge in [-0.2, -0.15) is 0 Å². The maximum Gasteiger partial charge on any atom is 0.0600 e. The highest BCUT2D eigenvalue weighted by Gasteiger charge is 2.34. The molecule has 270 valence electrons. The summed E-state index contributed by atoms with van der Waals surface area (Å²) in [5, 5.41) is 0. The predicted molar refractivity (Wildman–Crippen MR) is 198 cm³/mol. The maximum atomic E-state index is 5.97. The average molecular weight is 646 g/mol. The highest BCUT2D eigenvalue weighted by molar-refractivity contribution is 4.88. The second kappa shape index (κ2) is 17.1. The van der Waals surface area contributed by atoms with E-state index in [2.05, 4.69) is 93.7 Å². The Balaban J connectivity index is 1.03. The molecule has 4 aliphatic rings. The van der Waals surface area contributed by atoms with Crippen molar-refractivity contribution < 1.29 is 4.74 Å². The Hall–Kier alpha value is -0.240. The van der Waals surface area contributed by atoms with E-state index in [1.165, 1.54) is 130 Å². The lowest BCUT2D eigenvalue weighted by Gasteiger charge is -2.46. The molecule has 0 bridgehead atoms. The van der Waals surface area contributed by atoms with Crippen molar-refractivity contribution in [3.8, 4) is 0 Å². The number of hydrogen-bond donors (Lipinski definition) is 0. The zero-order chi connectivity index (χ0) is 33.5. The molecule has 0 aromatic heterocycles. The number of hydrogen-bond acceptors (Lipinski definition) is 6. The molecule has 0 radical (unpaired) electrons. The standard InChI is InChI=1S/C40H79N5O/c1-33(34(2)36-13-22-44(23-14-36)37-15-20-41(21-16-37)28-29-46-39(6,7)8)12-18-40(9,10)17-11-19-43-31-35(32-43)30-42-24-26-45(27-25-42)38(3,4)5/h33-37H,11-32H2,1-10H3/t33-,34+/m0/s1. The van der Waals surface area contributed by atoms with Gasteiger partial charge in [0, 0.05) is 63.9 Å². The van der Waals surface area contributed by atoms with Crippen LogP contribution in [0.25, 0.3) is 0 Å². The average Bonchev–Trinajstić information content (AvgIpc) is 2.98. The molecular formula is C40H79N5O. The van der Waals surface area contributed by atoms with Crippen LogP contribution in [0.15, 0.2) is 0 Å².